The predicted molar refractivity (Wildman–Crippen MR) is 98.8 cm³/mol. The van der Waals surface area contributed by atoms with Crippen molar-refractivity contribution in [2.24, 2.45) is 16.5 Å². The molecular weight excluding hydrogens is 359 g/mol. The highest BCUT2D eigenvalue weighted by Gasteiger charge is 2.16. The van der Waals surface area contributed by atoms with Crippen molar-refractivity contribution in [1.29, 1.82) is 0 Å². The van der Waals surface area contributed by atoms with Gasteiger partial charge in [-0.2, -0.15) is 4.99 Å². The number of fused-ring (bicyclic) bond motifs is 1. The third-order valence-corrected chi connectivity index (χ3v) is 4.03. The molecule has 1 heterocycles. The Kier molecular flexibility index (Phi) is 4.73. The van der Waals surface area contributed by atoms with Gasteiger partial charge in [0.2, 0.25) is 0 Å². The van der Waals surface area contributed by atoms with Crippen LogP contribution in [-0.4, -0.2) is 24.0 Å². The molecule has 4 N–H and O–H groups in total. The van der Waals surface area contributed by atoms with E-state index in [4.69, 9.17) is 27.8 Å². The summed E-state index contributed by atoms with van der Waals surface area (Å²) in [6, 6.07) is 9.11. The van der Waals surface area contributed by atoms with Gasteiger partial charge in [0.15, 0.2) is 5.96 Å². The van der Waals surface area contributed by atoms with E-state index in [9.17, 15) is 9.18 Å². The number of aliphatic imine (C=N–C) groups is 1. The summed E-state index contributed by atoms with van der Waals surface area (Å²) in [4.78, 5) is 19.8. The Bertz CT molecular complexity index is 1050. The number of benzene rings is 2. The van der Waals surface area contributed by atoms with Crippen molar-refractivity contribution < 1.29 is 13.9 Å². The highest BCUT2D eigenvalue weighted by molar-refractivity contribution is 6.34. The number of nitrogens with zero attached hydrogens (tertiary/aromatic N) is 2. The number of nitrogens with two attached hydrogens (primary N) is 2. The van der Waals surface area contributed by atoms with Crippen LogP contribution in [0.15, 0.2) is 47.6 Å². The van der Waals surface area contributed by atoms with Crippen molar-refractivity contribution in [3.8, 4) is 16.9 Å². The maximum absolute atomic E-state index is 14.6. The molecule has 26 heavy (non-hydrogen) atoms. The van der Waals surface area contributed by atoms with Gasteiger partial charge in [-0.15, -0.1) is 0 Å². The van der Waals surface area contributed by atoms with E-state index in [1.54, 1.807) is 18.2 Å². The van der Waals surface area contributed by atoms with Crippen LogP contribution in [0.3, 0.4) is 0 Å². The summed E-state index contributed by atoms with van der Waals surface area (Å²) in [7, 11) is 1.45. The van der Waals surface area contributed by atoms with Crippen molar-refractivity contribution in [1.82, 2.24) is 4.98 Å². The monoisotopic (exact) mass is 372 g/mol. The van der Waals surface area contributed by atoms with Gasteiger partial charge in [-0.25, -0.2) is 4.39 Å². The smallest absolute Gasteiger partial charge is 0.280 e. The number of hydrogen-bond donors (Lipinski definition) is 2. The second kappa shape index (κ2) is 6.97. The van der Waals surface area contributed by atoms with E-state index in [0.717, 1.165) is 0 Å². The first-order chi connectivity index (χ1) is 12.4. The van der Waals surface area contributed by atoms with Gasteiger partial charge < -0.3 is 16.2 Å². The fourth-order valence-electron chi connectivity index (χ4n) is 2.58. The topological polar surface area (TPSA) is 104 Å². The molecule has 0 fully saturated rings. The maximum atomic E-state index is 14.6. The zero-order chi connectivity index (χ0) is 18.8. The van der Waals surface area contributed by atoms with Crippen LogP contribution in [0.2, 0.25) is 5.02 Å². The summed E-state index contributed by atoms with van der Waals surface area (Å²) in [6.07, 6.45) is 1.43. The van der Waals surface area contributed by atoms with Crippen LogP contribution in [0.1, 0.15) is 10.4 Å². The summed E-state index contributed by atoms with van der Waals surface area (Å²) in [5.74, 6) is -1.10. The molecule has 1 aromatic heterocycles. The molecule has 0 aliphatic rings. The molecule has 6 nitrogen and oxygen atoms in total. The third kappa shape index (κ3) is 3.29. The molecule has 3 rings (SSSR count). The van der Waals surface area contributed by atoms with Gasteiger partial charge in [-0.3, -0.25) is 9.78 Å². The van der Waals surface area contributed by atoms with E-state index in [1.165, 1.54) is 31.5 Å². The summed E-state index contributed by atoms with van der Waals surface area (Å²) in [5.41, 5.74) is 11.9. The number of carbonyl (C=O) groups is 1. The highest BCUT2D eigenvalue weighted by atomic mass is 35.5. The van der Waals surface area contributed by atoms with Crippen molar-refractivity contribution in [2.45, 2.75) is 0 Å². The number of carbonyl (C=O) groups excluding carboxylic acids is 1. The molecule has 0 spiro atoms. The molecule has 0 radical (unpaired) electrons. The van der Waals surface area contributed by atoms with Gasteiger partial charge in [-0.1, -0.05) is 11.6 Å². The number of aromatic nitrogens is 1. The van der Waals surface area contributed by atoms with Crippen LogP contribution in [-0.2, 0) is 0 Å². The molecule has 0 bridgehead atoms. The van der Waals surface area contributed by atoms with Gasteiger partial charge in [0, 0.05) is 34.3 Å². The highest BCUT2D eigenvalue weighted by Crippen LogP contribution is 2.37. The fraction of sp³-hybridized carbons (Fsp3) is 0.0556. The molecule has 8 heteroatoms. The summed E-state index contributed by atoms with van der Waals surface area (Å²) in [6.45, 7) is 0. The van der Waals surface area contributed by atoms with Gasteiger partial charge in [0.1, 0.15) is 11.6 Å². The Morgan fingerprint density at radius 1 is 1.23 bits per heavy atom. The Hall–Kier alpha value is -3.19. The van der Waals surface area contributed by atoms with Gasteiger partial charge in [-0.05, 0) is 30.3 Å². The lowest BCUT2D eigenvalue weighted by Crippen LogP contribution is -2.24. The largest absolute Gasteiger partial charge is 0.497 e. The van der Waals surface area contributed by atoms with Crippen LogP contribution < -0.4 is 16.2 Å². The summed E-state index contributed by atoms with van der Waals surface area (Å²) >= 11 is 6.29. The van der Waals surface area contributed by atoms with Crippen LogP contribution in [0.5, 0.6) is 5.75 Å². The molecule has 1 amide bonds. The second-order valence-electron chi connectivity index (χ2n) is 5.40. The zero-order valence-corrected chi connectivity index (χ0v) is 14.4. The number of halogens is 2. The fourth-order valence-corrected chi connectivity index (χ4v) is 2.83. The lowest BCUT2D eigenvalue weighted by Gasteiger charge is -2.11. The van der Waals surface area contributed by atoms with Gasteiger partial charge in [0.25, 0.3) is 5.91 Å². The first-order valence-electron chi connectivity index (χ1n) is 7.47. The van der Waals surface area contributed by atoms with Crippen LogP contribution in [0.25, 0.3) is 22.0 Å². The van der Waals surface area contributed by atoms with Gasteiger partial charge in [0.05, 0.1) is 17.6 Å². The van der Waals surface area contributed by atoms with Crippen LogP contribution in [0, 0.1) is 5.82 Å². The lowest BCUT2D eigenvalue weighted by atomic mass is 9.99. The molecule has 0 atom stereocenters. The minimum absolute atomic E-state index is 0.227. The van der Waals surface area contributed by atoms with Crippen molar-refractivity contribution >= 4 is 34.4 Å². The molecule has 0 aliphatic carbocycles. The SMILES string of the molecule is COc1ccc(-c2c(Cl)cnc3ccc(C(=O)N=C(N)N)cc23)c(F)c1. The van der Waals surface area contributed by atoms with Crippen molar-refractivity contribution in [3.63, 3.8) is 0 Å². The Balaban J connectivity index is 2.26. The lowest BCUT2D eigenvalue weighted by molar-refractivity contribution is 0.100. The van der Waals surface area contributed by atoms with Crippen LogP contribution >= 0.6 is 11.6 Å². The minimum Gasteiger partial charge on any atom is -0.497 e. The maximum Gasteiger partial charge on any atom is 0.280 e. The number of ether oxygens (including phenoxy) is 1. The number of methoxy groups -OCH3 is 1. The first-order valence-corrected chi connectivity index (χ1v) is 7.84. The number of guanidine groups is 1. The number of amides is 1. The molecule has 0 unspecified atom stereocenters. The van der Waals surface area contributed by atoms with E-state index in [1.807, 2.05) is 0 Å². The Labute approximate surface area is 153 Å². The Morgan fingerprint density at radius 3 is 2.65 bits per heavy atom. The molecule has 3 aromatic rings. The van der Waals surface area contributed by atoms with E-state index in [-0.39, 0.29) is 22.1 Å². The van der Waals surface area contributed by atoms with E-state index < -0.39 is 11.7 Å². The number of hydrogen-bond acceptors (Lipinski definition) is 3. The zero-order valence-electron chi connectivity index (χ0n) is 13.7. The van der Waals surface area contributed by atoms with Crippen molar-refractivity contribution in [3.05, 3.63) is 59.0 Å². The molecule has 2 aromatic carbocycles. The normalized spacial score (nSPS) is 10.6. The summed E-state index contributed by atoms with van der Waals surface area (Å²) in [5, 5.41) is 0.742. The summed E-state index contributed by atoms with van der Waals surface area (Å²) < 4.78 is 19.6. The van der Waals surface area contributed by atoms with E-state index >= 15 is 0 Å². The van der Waals surface area contributed by atoms with Gasteiger partial charge >= 0.3 is 0 Å². The minimum atomic E-state index is -0.618. The van der Waals surface area contributed by atoms with E-state index in [0.29, 0.717) is 22.2 Å². The van der Waals surface area contributed by atoms with Crippen LogP contribution in [0.4, 0.5) is 4.39 Å². The molecule has 0 saturated heterocycles. The molecule has 0 saturated carbocycles. The first kappa shape index (κ1) is 17.6. The number of pyridine rings is 1. The molecular formula is C18H14ClFN4O2. The third-order valence-electron chi connectivity index (χ3n) is 3.74. The average molecular weight is 373 g/mol. The average Bonchev–Trinajstić information content (AvgIpc) is 2.61. The van der Waals surface area contributed by atoms with E-state index in [2.05, 4.69) is 9.98 Å². The predicted octanol–water partition coefficient (Wildman–Crippen LogP) is 3.12. The second-order valence-corrected chi connectivity index (χ2v) is 5.81. The molecule has 132 valence electrons. The molecule has 0 aliphatic heterocycles. The standard InChI is InChI=1S/C18H14ClFN4O2/c1-26-10-3-4-11(14(20)7-10)16-12-6-9(17(25)24-18(21)22)2-5-15(12)23-8-13(16)19/h2-8H,1H3,(H4,21,22,24,25). The Morgan fingerprint density at radius 2 is 2.00 bits per heavy atom. The van der Waals surface area contributed by atoms with Crippen molar-refractivity contribution in [2.75, 3.05) is 7.11 Å². The number of rotatable bonds is 3. The quantitative estimate of drug-likeness (QED) is 0.543.